The van der Waals surface area contributed by atoms with Gasteiger partial charge in [0, 0.05) is 12.1 Å². The van der Waals surface area contributed by atoms with E-state index < -0.39 is 0 Å². The number of rotatable bonds is 11. The van der Waals surface area contributed by atoms with E-state index >= 15 is 0 Å². The minimum Gasteiger partial charge on any atom is -0.350 e. The smallest absolute Gasteiger partial charge is 0.244 e. The van der Waals surface area contributed by atoms with E-state index in [-0.39, 0.29) is 5.91 Å². The first-order valence-electron chi connectivity index (χ1n) is 9.70. The van der Waals surface area contributed by atoms with Crippen molar-refractivity contribution in [1.82, 2.24) is 5.32 Å². The number of amides is 1. The maximum Gasteiger partial charge on any atom is 0.244 e. The topological polar surface area (TPSA) is 29.1 Å². The van der Waals surface area contributed by atoms with Crippen molar-refractivity contribution in [1.29, 1.82) is 0 Å². The molecule has 0 heterocycles. The van der Waals surface area contributed by atoms with Gasteiger partial charge in [0.1, 0.15) is 0 Å². The normalized spacial score (nSPS) is 16.7. The van der Waals surface area contributed by atoms with Gasteiger partial charge in [-0.15, -0.1) is 0 Å². The van der Waals surface area contributed by atoms with Crippen molar-refractivity contribution in [3.63, 3.8) is 0 Å². The van der Waals surface area contributed by atoms with Gasteiger partial charge >= 0.3 is 0 Å². The third-order valence-electron chi connectivity index (χ3n) is 4.75. The molecule has 22 heavy (non-hydrogen) atoms. The Morgan fingerprint density at radius 3 is 2.18 bits per heavy atom. The van der Waals surface area contributed by atoms with Gasteiger partial charge in [0.15, 0.2) is 0 Å². The second kappa shape index (κ2) is 12.7. The van der Waals surface area contributed by atoms with Crippen molar-refractivity contribution in [3.05, 3.63) is 11.6 Å². The fourth-order valence-corrected chi connectivity index (χ4v) is 3.32. The molecule has 1 amide bonds. The molecule has 0 aromatic carbocycles. The molecule has 0 spiro atoms. The van der Waals surface area contributed by atoms with E-state index in [4.69, 9.17) is 0 Å². The van der Waals surface area contributed by atoms with Crippen LogP contribution in [0.3, 0.4) is 0 Å². The highest BCUT2D eigenvalue weighted by molar-refractivity contribution is 5.88. The number of carbonyl (C=O) groups excluding carboxylic acids is 1. The van der Waals surface area contributed by atoms with Gasteiger partial charge in [-0.3, -0.25) is 4.79 Å². The molecule has 0 bridgehead atoms. The van der Waals surface area contributed by atoms with E-state index in [0.29, 0.717) is 6.04 Å². The molecule has 0 radical (unpaired) electrons. The van der Waals surface area contributed by atoms with E-state index in [9.17, 15) is 4.79 Å². The van der Waals surface area contributed by atoms with Crippen molar-refractivity contribution < 1.29 is 4.79 Å². The maximum absolute atomic E-state index is 12.0. The highest BCUT2D eigenvalue weighted by Crippen LogP contribution is 2.17. The van der Waals surface area contributed by atoms with E-state index in [0.717, 1.165) is 19.3 Å². The Balaban J connectivity index is 2.02. The third-order valence-corrected chi connectivity index (χ3v) is 4.75. The minimum atomic E-state index is 0.129. The summed E-state index contributed by atoms with van der Waals surface area (Å²) < 4.78 is 0. The van der Waals surface area contributed by atoms with Gasteiger partial charge in [-0.25, -0.2) is 0 Å². The molecule has 1 aliphatic rings. The second-order valence-electron chi connectivity index (χ2n) is 7.06. The standard InChI is InChI=1S/C20H37NO/c1-3-4-5-6-7-8-9-11-14-18(2)17-20(22)21-19-15-12-10-13-16-19/h17,19H,3-16H2,1-2H3,(H,21,22). The first kappa shape index (κ1) is 19.3. The molecule has 0 saturated heterocycles. The largest absolute Gasteiger partial charge is 0.350 e. The summed E-state index contributed by atoms with van der Waals surface area (Å²) in [6.07, 6.45) is 19.9. The van der Waals surface area contributed by atoms with Crippen LogP contribution >= 0.6 is 0 Å². The quantitative estimate of drug-likeness (QED) is 0.373. The molecule has 1 fully saturated rings. The SMILES string of the molecule is CCCCCCCCCCC(C)=CC(=O)NC1CCCCC1. The summed E-state index contributed by atoms with van der Waals surface area (Å²) >= 11 is 0. The Morgan fingerprint density at radius 2 is 1.55 bits per heavy atom. The monoisotopic (exact) mass is 307 g/mol. The zero-order valence-corrected chi connectivity index (χ0v) is 15.0. The predicted molar refractivity (Wildman–Crippen MR) is 96.0 cm³/mol. The Hall–Kier alpha value is -0.790. The average molecular weight is 308 g/mol. The molecule has 1 N–H and O–H groups in total. The van der Waals surface area contributed by atoms with Crippen LogP contribution in [-0.2, 0) is 4.79 Å². The highest BCUT2D eigenvalue weighted by atomic mass is 16.1. The number of nitrogens with one attached hydrogen (secondary N) is 1. The molecule has 1 saturated carbocycles. The molecule has 1 aliphatic carbocycles. The number of hydrogen-bond acceptors (Lipinski definition) is 1. The molecule has 0 atom stereocenters. The summed E-state index contributed by atoms with van der Waals surface area (Å²) in [5, 5.41) is 3.16. The van der Waals surface area contributed by atoms with Gasteiger partial charge < -0.3 is 5.32 Å². The fraction of sp³-hybridized carbons (Fsp3) is 0.850. The minimum absolute atomic E-state index is 0.129. The number of unbranched alkanes of at least 4 members (excludes halogenated alkanes) is 7. The first-order chi connectivity index (χ1) is 10.7. The maximum atomic E-state index is 12.0. The van der Waals surface area contributed by atoms with Crippen LogP contribution in [0.2, 0.25) is 0 Å². The Kier molecular flexibility index (Phi) is 11.1. The first-order valence-corrected chi connectivity index (χ1v) is 9.70. The van der Waals surface area contributed by atoms with Gasteiger partial charge in [-0.05, 0) is 32.6 Å². The lowest BCUT2D eigenvalue weighted by Gasteiger charge is -2.22. The van der Waals surface area contributed by atoms with E-state index in [1.54, 1.807) is 0 Å². The van der Waals surface area contributed by atoms with Crippen molar-refractivity contribution >= 4 is 5.91 Å². The van der Waals surface area contributed by atoms with Crippen molar-refractivity contribution in [2.24, 2.45) is 0 Å². The van der Waals surface area contributed by atoms with Gasteiger partial charge in [0.25, 0.3) is 0 Å². The predicted octanol–water partition coefficient (Wildman–Crippen LogP) is 5.91. The lowest BCUT2D eigenvalue weighted by molar-refractivity contribution is -0.117. The van der Waals surface area contributed by atoms with E-state index in [1.807, 2.05) is 6.08 Å². The molecule has 0 aliphatic heterocycles. The molecule has 0 aromatic rings. The lowest BCUT2D eigenvalue weighted by atomic mass is 9.95. The molecule has 0 aromatic heterocycles. The summed E-state index contributed by atoms with van der Waals surface area (Å²) in [6.45, 7) is 4.36. The molecular weight excluding hydrogens is 270 g/mol. The third kappa shape index (κ3) is 10.0. The highest BCUT2D eigenvalue weighted by Gasteiger charge is 2.14. The van der Waals surface area contributed by atoms with Crippen molar-refractivity contribution in [3.8, 4) is 0 Å². The van der Waals surface area contributed by atoms with Gasteiger partial charge in [-0.2, -0.15) is 0 Å². The van der Waals surface area contributed by atoms with Gasteiger partial charge in [-0.1, -0.05) is 76.7 Å². The van der Waals surface area contributed by atoms with Crippen LogP contribution in [0.1, 0.15) is 104 Å². The van der Waals surface area contributed by atoms with Crippen LogP contribution in [0.15, 0.2) is 11.6 Å². The summed E-state index contributed by atoms with van der Waals surface area (Å²) in [7, 11) is 0. The summed E-state index contributed by atoms with van der Waals surface area (Å²) in [4.78, 5) is 12.0. The molecule has 2 heteroatoms. The van der Waals surface area contributed by atoms with Crippen LogP contribution in [0.25, 0.3) is 0 Å². The Morgan fingerprint density at radius 1 is 0.955 bits per heavy atom. The van der Waals surface area contributed by atoms with Crippen LogP contribution < -0.4 is 5.32 Å². The van der Waals surface area contributed by atoms with Crippen molar-refractivity contribution in [2.75, 3.05) is 0 Å². The molecule has 128 valence electrons. The van der Waals surface area contributed by atoms with E-state index in [1.165, 1.54) is 76.2 Å². The number of allylic oxidation sites excluding steroid dienone is 1. The fourth-order valence-electron chi connectivity index (χ4n) is 3.32. The average Bonchev–Trinajstić information content (AvgIpc) is 2.50. The summed E-state index contributed by atoms with van der Waals surface area (Å²) in [5.41, 5.74) is 1.24. The Bertz CT molecular complexity index is 316. The molecule has 1 rings (SSSR count). The van der Waals surface area contributed by atoms with Crippen LogP contribution in [0.5, 0.6) is 0 Å². The summed E-state index contributed by atoms with van der Waals surface area (Å²) in [6, 6.07) is 0.424. The zero-order chi connectivity index (χ0) is 16.0. The van der Waals surface area contributed by atoms with Crippen LogP contribution in [-0.4, -0.2) is 11.9 Å². The van der Waals surface area contributed by atoms with Crippen LogP contribution in [0, 0.1) is 0 Å². The number of carbonyl (C=O) groups is 1. The second-order valence-corrected chi connectivity index (χ2v) is 7.06. The zero-order valence-electron chi connectivity index (χ0n) is 15.0. The Labute approximate surface area is 138 Å². The molecule has 2 nitrogen and oxygen atoms in total. The summed E-state index contributed by atoms with van der Waals surface area (Å²) in [5.74, 6) is 0.129. The van der Waals surface area contributed by atoms with Gasteiger partial charge in [0.05, 0.1) is 0 Å². The lowest BCUT2D eigenvalue weighted by Crippen LogP contribution is -2.35. The molecule has 0 unspecified atom stereocenters. The van der Waals surface area contributed by atoms with E-state index in [2.05, 4.69) is 19.2 Å². The van der Waals surface area contributed by atoms with Crippen LogP contribution in [0.4, 0.5) is 0 Å². The molecular formula is C20H37NO. The van der Waals surface area contributed by atoms with Crippen molar-refractivity contribution in [2.45, 2.75) is 110 Å². The number of hydrogen-bond donors (Lipinski definition) is 1. The van der Waals surface area contributed by atoms with Gasteiger partial charge in [0.2, 0.25) is 5.91 Å².